The Kier molecular flexibility index (Phi) is 9.53. The fourth-order valence-corrected chi connectivity index (χ4v) is 6.21. The Morgan fingerprint density at radius 2 is 1.80 bits per heavy atom. The SMILES string of the molecule is C1COCCN1.CCC1(C)NC(C)=C(C(=O)O)C(c2cccc3c2OC(c2ccccc2)C(C)C3)C1C(=O)OC. The van der Waals surface area contributed by atoms with Crippen molar-refractivity contribution in [2.24, 2.45) is 11.8 Å². The number of benzene rings is 2. The van der Waals surface area contributed by atoms with E-state index in [2.05, 4.69) is 29.7 Å². The Bertz CT molecular complexity index is 1210. The molecule has 0 aliphatic carbocycles. The van der Waals surface area contributed by atoms with Crippen LogP contribution in [0.15, 0.2) is 59.8 Å². The van der Waals surface area contributed by atoms with Crippen LogP contribution < -0.4 is 15.4 Å². The van der Waals surface area contributed by atoms with Gasteiger partial charge in [0.1, 0.15) is 11.9 Å². The molecule has 0 bridgehead atoms. The number of ether oxygens (including phenoxy) is 3. The molecule has 3 aliphatic rings. The summed E-state index contributed by atoms with van der Waals surface area (Å²) in [7, 11) is 1.35. The highest BCUT2D eigenvalue weighted by atomic mass is 16.5. The maximum atomic E-state index is 13.2. The van der Waals surface area contributed by atoms with Gasteiger partial charge in [-0.1, -0.05) is 62.4 Å². The minimum absolute atomic E-state index is 0.163. The van der Waals surface area contributed by atoms with Gasteiger partial charge in [-0.2, -0.15) is 0 Å². The fraction of sp³-hybridized carbons (Fsp3) is 0.500. The van der Waals surface area contributed by atoms with E-state index in [9.17, 15) is 14.7 Å². The van der Waals surface area contributed by atoms with Crippen LogP contribution in [0, 0.1) is 11.8 Å². The van der Waals surface area contributed by atoms with Crippen LogP contribution in [0.4, 0.5) is 0 Å². The third-order valence-corrected chi connectivity index (χ3v) is 8.37. The van der Waals surface area contributed by atoms with Crippen LogP contribution in [-0.2, 0) is 25.5 Å². The fourth-order valence-electron chi connectivity index (χ4n) is 6.21. The number of allylic oxidation sites excluding steroid dienone is 1. The molecular weight excluding hydrogens is 508 g/mol. The van der Waals surface area contributed by atoms with Crippen LogP contribution in [0.5, 0.6) is 5.75 Å². The van der Waals surface area contributed by atoms with Crippen LogP contribution >= 0.6 is 0 Å². The van der Waals surface area contributed by atoms with Crippen molar-refractivity contribution in [1.82, 2.24) is 10.6 Å². The van der Waals surface area contributed by atoms with Gasteiger partial charge < -0.3 is 30.0 Å². The Morgan fingerprint density at radius 3 is 2.35 bits per heavy atom. The summed E-state index contributed by atoms with van der Waals surface area (Å²) in [6.45, 7) is 11.7. The largest absolute Gasteiger partial charge is 0.485 e. The highest BCUT2D eigenvalue weighted by molar-refractivity contribution is 5.92. The quantitative estimate of drug-likeness (QED) is 0.464. The van der Waals surface area contributed by atoms with Crippen molar-refractivity contribution in [3.63, 3.8) is 0 Å². The number of nitrogens with one attached hydrogen (secondary N) is 2. The zero-order valence-electron chi connectivity index (χ0n) is 24.2. The molecule has 0 amide bonds. The molecule has 3 N–H and O–H groups in total. The van der Waals surface area contributed by atoms with Gasteiger partial charge in [-0.3, -0.25) is 4.79 Å². The minimum atomic E-state index is -1.05. The first-order valence-electron chi connectivity index (χ1n) is 14.1. The maximum Gasteiger partial charge on any atom is 0.333 e. The van der Waals surface area contributed by atoms with E-state index >= 15 is 0 Å². The number of para-hydroxylation sites is 1. The standard InChI is InChI=1S/C28H33NO5.C4H9NO/c1-6-28(4)23(27(32)33-5)22(21(26(30)31)17(3)29-28)20-14-10-13-19-15-16(2)24(34-25(19)20)18-11-8-7-9-12-18;1-3-6-4-2-5-1/h7-14,16,22-24,29H,6,15H2,1-5H3,(H,30,31);5H,1-4H2. The second-order valence-corrected chi connectivity index (χ2v) is 11.0. The first-order valence-corrected chi connectivity index (χ1v) is 14.1. The van der Waals surface area contributed by atoms with E-state index in [0.717, 1.165) is 49.4 Å². The highest BCUT2D eigenvalue weighted by Crippen LogP contribution is 2.51. The molecule has 40 heavy (non-hydrogen) atoms. The number of rotatable bonds is 5. The molecule has 216 valence electrons. The molecule has 8 heteroatoms. The molecule has 8 nitrogen and oxygen atoms in total. The van der Waals surface area contributed by atoms with E-state index in [1.807, 2.05) is 50.2 Å². The lowest BCUT2D eigenvalue weighted by molar-refractivity contribution is -0.149. The van der Waals surface area contributed by atoms with Gasteiger partial charge in [0.2, 0.25) is 0 Å². The zero-order valence-corrected chi connectivity index (χ0v) is 24.2. The molecule has 5 unspecified atom stereocenters. The molecule has 0 saturated carbocycles. The summed E-state index contributed by atoms with van der Waals surface area (Å²) in [6, 6.07) is 15.9. The number of carboxylic acid groups (broad SMARTS) is 1. The van der Waals surface area contributed by atoms with Gasteiger partial charge >= 0.3 is 11.9 Å². The Morgan fingerprint density at radius 1 is 1.10 bits per heavy atom. The molecule has 5 atom stereocenters. The van der Waals surface area contributed by atoms with Gasteiger partial charge in [-0.15, -0.1) is 0 Å². The summed E-state index contributed by atoms with van der Waals surface area (Å²) < 4.78 is 16.9. The third-order valence-electron chi connectivity index (χ3n) is 8.37. The van der Waals surface area contributed by atoms with E-state index in [4.69, 9.17) is 14.2 Å². The van der Waals surface area contributed by atoms with Crippen molar-refractivity contribution in [1.29, 1.82) is 0 Å². The number of fused-ring (bicyclic) bond motifs is 1. The van der Waals surface area contributed by atoms with E-state index in [1.54, 1.807) is 6.92 Å². The molecule has 0 spiro atoms. The summed E-state index contributed by atoms with van der Waals surface area (Å²) in [5.41, 5.74) is 2.88. The van der Waals surface area contributed by atoms with Crippen LogP contribution in [0.2, 0.25) is 0 Å². The zero-order chi connectivity index (χ0) is 28.9. The number of esters is 1. The number of carbonyl (C=O) groups is 2. The van der Waals surface area contributed by atoms with E-state index < -0.39 is 29.3 Å². The lowest BCUT2D eigenvalue weighted by Crippen LogP contribution is -2.57. The predicted octanol–water partition coefficient (Wildman–Crippen LogP) is 4.61. The van der Waals surface area contributed by atoms with Gasteiger partial charge in [-0.25, -0.2) is 4.79 Å². The van der Waals surface area contributed by atoms with Gasteiger partial charge in [-0.05, 0) is 37.8 Å². The number of hydrogen-bond donors (Lipinski definition) is 3. The monoisotopic (exact) mass is 550 g/mol. The van der Waals surface area contributed by atoms with Gasteiger partial charge in [0, 0.05) is 41.7 Å². The normalized spacial score (nSPS) is 27.7. The highest BCUT2D eigenvalue weighted by Gasteiger charge is 2.52. The van der Waals surface area contributed by atoms with Gasteiger partial charge in [0.05, 0.1) is 31.8 Å². The Hall–Kier alpha value is -3.36. The number of hydrogen-bond acceptors (Lipinski definition) is 7. The third kappa shape index (κ3) is 6.03. The molecule has 1 saturated heterocycles. The molecular formula is C32H42N2O6. The van der Waals surface area contributed by atoms with Crippen molar-refractivity contribution in [3.8, 4) is 5.75 Å². The van der Waals surface area contributed by atoms with Crippen molar-refractivity contribution < 1.29 is 28.9 Å². The number of methoxy groups -OCH3 is 1. The first-order chi connectivity index (χ1) is 19.2. The lowest BCUT2D eigenvalue weighted by Gasteiger charge is -2.47. The summed E-state index contributed by atoms with van der Waals surface area (Å²) in [5, 5.41) is 16.7. The average Bonchev–Trinajstić information content (AvgIpc) is 2.97. The van der Waals surface area contributed by atoms with E-state index in [1.165, 1.54) is 7.11 Å². The van der Waals surface area contributed by atoms with Crippen LogP contribution in [0.1, 0.15) is 62.8 Å². The van der Waals surface area contributed by atoms with Crippen molar-refractivity contribution in [3.05, 3.63) is 76.5 Å². The maximum absolute atomic E-state index is 13.2. The van der Waals surface area contributed by atoms with Gasteiger partial charge in [0.15, 0.2) is 0 Å². The summed E-state index contributed by atoms with van der Waals surface area (Å²) >= 11 is 0. The van der Waals surface area contributed by atoms with Crippen molar-refractivity contribution in [2.75, 3.05) is 33.4 Å². The molecule has 0 radical (unpaired) electrons. The summed E-state index contributed by atoms with van der Waals surface area (Å²) in [5.74, 6) is -2.01. The predicted molar refractivity (Wildman–Crippen MR) is 153 cm³/mol. The number of carboxylic acids is 1. The molecule has 3 heterocycles. The molecule has 0 aromatic heterocycles. The number of carbonyl (C=O) groups excluding carboxylic acids is 1. The summed E-state index contributed by atoms with van der Waals surface area (Å²) in [4.78, 5) is 25.7. The average molecular weight is 551 g/mol. The smallest absolute Gasteiger partial charge is 0.333 e. The Labute approximate surface area is 237 Å². The van der Waals surface area contributed by atoms with E-state index in [-0.39, 0.29) is 17.6 Å². The molecule has 2 aromatic rings. The number of aliphatic carboxylic acids is 1. The number of morpholine rings is 1. The van der Waals surface area contributed by atoms with Crippen LogP contribution in [0.3, 0.4) is 0 Å². The van der Waals surface area contributed by atoms with Gasteiger partial charge in [0.25, 0.3) is 0 Å². The molecule has 2 aromatic carbocycles. The van der Waals surface area contributed by atoms with Crippen molar-refractivity contribution >= 4 is 11.9 Å². The second-order valence-electron chi connectivity index (χ2n) is 11.0. The molecule has 1 fully saturated rings. The second kappa shape index (κ2) is 12.9. The van der Waals surface area contributed by atoms with Crippen LogP contribution in [0.25, 0.3) is 0 Å². The Balaban J connectivity index is 0.000000546. The lowest BCUT2D eigenvalue weighted by atomic mass is 9.66. The molecule has 3 aliphatic heterocycles. The summed E-state index contributed by atoms with van der Waals surface area (Å²) in [6.07, 6.45) is 1.25. The molecule has 5 rings (SSSR count). The van der Waals surface area contributed by atoms with E-state index in [0.29, 0.717) is 17.9 Å². The van der Waals surface area contributed by atoms with Crippen molar-refractivity contribution in [2.45, 2.75) is 58.1 Å². The topological polar surface area (TPSA) is 106 Å². The first kappa shape index (κ1) is 29.6. The van der Waals surface area contributed by atoms with Crippen LogP contribution in [-0.4, -0.2) is 56.0 Å². The minimum Gasteiger partial charge on any atom is -0.485 e.